The smallest absolute Gasteiger partial charge is 0.178 e. The van der Waals surface area contributed by atoms with Gasteiger partial charge in [-0.2, -0.15) is 0 Å². The average molecular weight is 258 g/mol. The van der Waals surface area contributed by atoms with Crippen molar-refractivity contribution in [2.75, 3.05) is 20.1 Å². The van der Waals surface area contributed by atoms with E-state index in [1.807, 2.05) is 37.5 Å². The zero-order valence-corrected chi connectivity index (χ0v) is 11.9. The van der Waals surface area contributed by atoms with E-state index in [4.69, 9.17) is 0 Å². The van der Waals surface area contributed by atoms with Gasteiger partial charge in [0.25, 0.3) is 0 Å². The average Bonchev–Trinajstić information content (AvgIpc) is 2.80. The van der Waals surface area contributed by atoms with Crippen LogP contribution >= 0.6 is 0 Å². The van der Waals surface area contributed by atoms with Crippen molar-refractivity contribution in [3.8, 4) is 0 Å². The summed E-state index contributed by atoms with van der Waals surface area (Å²) in [7, 11) is 2.01. The van der Waals surface area contributed by atoms with Crippen molar-refractivity contribution < 1.29 is 4.79 Å². The number of fused-ring (bicyclic) bond motifs is 1. The number of H-pyrrole nitrogens is 1. The lowest BCUT2D eigenvalue weighted by molar-refractivity contribution is 0.0945. The van der Waals surface area contributed by atoms with Gasteiger partial charge in [0.15, 0.2) is 5.78 Å². The van der Waals surface area contributed by atoms with Crippen LogP contribution in [0.25, 0.3) is 10.9 Å². The topological polar surface area (TPSA) is 36.1 Å². The number of aromatic amines is 1. The number of aromatic nitrogens is 1. The molecule has 2 rings (SSSR count). The number of ketones is 1. The SMILES string of the molecule is CC(C)CCN(C)CC(=O)c1c[nH]c2ccccc12. The second kappa shape index (κ2) is 6.02. The highest BCUT2D eigenvalue weighted by molar-refractivity contribution is 6.08. The van der Waals surface area contributed by atoms with E-state index in [0.717, 1.165) is 29.4 Å². The number of benzene rings is 1. The van der Waals surface area contributed by atoms with Gasteiger partial charge in [-0.3, -0.25) is 9.69 Å². The van der Waals surface area contributed by atoms with Crippen molar-refractivity contribution in [1.82, 2.24) is 9.88 Å². The van der Waals surface area contributed by atoms with Crippen LogP contribution in [0, 0.1) is 5.92 Å². The number of nitrogens with one attached hydrogen (secondary N) is 1. The zero-order valence-electron chi connectivity index (χ0n) is 11.9. The van der Waals surface area contributed by atoms with Gasteiger partial charge >= 0.3 is 0 Å². The summed E-state index contributed by atoms with van der Waals surface area (Å²) < 4.78 is 0. The summed E-state index contributed by atoms with van der Waals surface area (Å²) in [4.78, 5) is 17.6. The fourth-order valence-corrected chi connectivity index (χ4v) is 2.19. The van der Waals surface area contributed by atoms with Gasteiger partial charge in [0.2, 0.25) is 0 Å². The van der Waals surface area contributed by atoms with Crippen LogP contribution in [-0.2, 0) is 0 Å². The van der Waals surface area contributed by atoms with E-state index in [1.165, 1.54) is 0 Å². The Hall–Kier alpha value is -1.61. The van der Waals surface area contributed by atoms with Gasteiger partial charge < -0.3 is 4.98 Å². The van der Waals surface area contributed by atoms with E-state index in [1.54, 1.807) is 0 Å². The summed E-state index contributed by atoms with van der Waals surface area (Å²) in [6.45, 7) is 5.85. The van der Waals surface area contributed by atoms with Gasteiger partial charge in [-0.25, -0.2) is 0 Å². The van der Waals surface area contributed by atoms with Crippen molar-refractivity contribution in [3.05, 3.63) is 36.0 Å². The third-order valence-electron chi connectivity index (χ3n) is 3.39. The van der Waals surface area contributed by atoms with Gasteiger partial charge in [-0.1, -0.05) is 32.0 Å². The first kappa shape index (κ1) is 13.8. The Morgan fingerprint density at radius 1 is 1.32 bits per heavy atom. The van der Waals surface area contributed by atoms with E-state index in [0.29, 0.717) is 12.5 Å². The summed E-state index contributed by atoms with van der Waals surface area (Å²) in [6, 6.07) is 7.93. The summed E-state index contributed by atoms with van der Waals surface area (Å²) in [5.41, 5.74) is 1.82. The number of carbonyl (C=O) groups excluding carboxylic acids is 1. The van der Waals surface area contributed by atoms with Gasteiger partial charge in [0, 0.05) is 22.7 Å². The molecule has 0 fully saturated rings. The first-order valence-electron chi connectivity index (χ1n) is 6.85. The number of nitrogens with zero attached hydrogens (tertiary/aromatic N) is 1. The monoisotopic (exact) mass is 258 g/mol. The van der Waals surface area contributed by atoms with Crippen molar-refractivity contribution >= 4 is 16.7 Å². The Morgan fingerprint density at radius 3 is 2.79 bits per heavy atom. The summed E-state index contributed by atoms with van der Waals surface area (Å²) in [5, 5.41) is 1.02. The molecule has 0 amide bonds. The largest absolute Gasteiger partial charge is 0.360 e. The van der Waals surface area contributed by atoms with Gasteiger partial charge in [0.1, 0.15) is 0 Å². The number of Topliss-reactive ketones (excluding diaryl/α,β-unsaturated/α-hetero) is 1. The molecule has 1 aromatic heterocycles. The molecule has 102 valence electrons. The highest BCUT2D eigenvalue weighted by atomic mass is 16.1. The quantitative estimate of drug-likeness (QED) is 0.807. The van der Waals surface area contributed by atoms with Crippen LogP contribution in [0.2, 0.25) is 0 Å². The lowest BCUT2D eigenvalue weighted by Crippen LogP contribution is -2.27. The number of likely N-dealkylation sites (N-methyl/N-ethyl adjacent to an activating group) is 1. The molecule has 3 heteroatoms. The van der Waals surface area contributed by atoms with Crippen LogP contribution in [0.5, 0.6) is 0 Å². The Labute approximate surface area is 114 Å². The molecular formula is C16H22N2O. The van der Waals surface area contributed by atoms with Crippen molar-refractivity contribution in [2.45, 2.75) is 20.3 Å². The molecule has 0 aliphatic heterocycles. The fourth-order valence-electron chi connectivity index (χ4n) is 2.19. The molecule has 0 unspecified atom stereocenters. The van der Waals surface area contributed by atoms with Crippen molar-refractivity contribution in [1.29, 1.82) is 0 Å². The van der Waals surface area contributed by atoms with Crippen LogP contribution in [0.1, 0.15) is 30.6 Å². The molecule has 0 aliphatic rings. The van der Waals surface area contributed by atoms with E-state index >= 15 is 0 Å². The first-order valence-corrected chi connectivity index (χ1v) is 6.85. The fraction of sp³-hybridized carbons (Fsp3) is 0.438. The molecule has 19 heavy (non-hydrogen) atoms. The van der Waals surface area contributed by atoms with Crippen LogP contribution in [0.3, 0.4) is 0 Å². The summed E-state index contributed by atoms with van der Waals surface area (Å²) >= 11 is 0. The zero-order chi connectivity index (χ0) is 13.8. The Bertz CT molecular complexity index is 557. The van der Waals surface area contributed by atoms with Crippen molar-refractivity contribution in [3.63, 3.8) is 0 Å². The summed E-state index contributed by atoms with van der Waals surface area (Å²) in [6.07, 6.45) is 2.95. The second-order valence-electron chi connectivity index (χ2n) is 5.59. The Balaban J connectivity index is 2.04. The molecule has 3 nitrogen and oxygen atoms in total. The first-order chi connectivity index (χ1) is 9.08. The molecule has 2 aromatic rings. The molecule has 1 N–H and O–H groups in total. The second-order valence-corrected chi connectivity index (χ2v) is 5.59. The maximum absolute atomic E-state index is 12.3. The van der Waals surface area contributed by atoms with Gasteiger partial charge in [0.05, 0.1) is 6.54 Å². The number of hydrogen-bond donors (Lipinski definition) is 1. The molecule has 0 saturated carbocycles. The molecule has 1 heterocycles. The molecule has 0 spiro atoms. The molecule has 0 aliphatic carbocycles. The van der Waals surface area contributed by atoms with E-state index in [-0.39, 0.29) is 5.78 Å². The van der Waals surface area contributed by atoms with E-state index in [9.17, 15) is 4.79 Å². The number of hydrogen-bond acceptors (Lipinski definition) is 2. The van der Waals surface area contributed by atoms with Crippen LogP contribution in [0.4, 0.5) is 0 Å². The highest BCUT2D eigenvalue weighted by Gasteiger charge is 2.13. The third-order valence-corrected chi connectivity index (χ3v) is 3.39. The Morgan fingerprint density at radius 2 is 2.05 bits per heavy atom. The lowest BCUT2D eigenvalue weighted by atomic mass is 10.1. The van der Waals surface area contributed by atoms with Gasteiger partial charge in [-0.05, 0) is 32.0 Å². The predicted molar refractivity (Wildman–Crippen MR) is 79.6 cm³/mol. The van der Waals surface area contributed by atoms with Crippen LogP contribution < -0.4 is 0 Å². The minimum Gasteiger partial charge on any atom is -0.360 e. The predicted octanol–water partition coefficient (Wildman–Crippen LogP) is 3.33. The molecule has 0 radical (unpaired) electrons. The molecule has 0 bridgehead atoms. The summed E-state index contributed by atoms with van der Waals surface area (Å²) in [5.74, 6) is 0.856. The van der Waals surface area contributed by atoms with Crippen molar-refractivity contribution in [2.24, 2.45) is 5.92 Å². The minimum atomic E-state index is 0.184. The van der Waals surface area contributed by atoms with E-state index < -0.39 is 0 Å². The third kappa shape index (κ3) is 3.44. The normalized spacial score (nSPS) is 11.6. The number of rotatable bonds is 6. The standard InChI is InChI=1S/C16H22N2O/c1-12(2)8-9-18(3)11-16(19)14-10-17-15-7-5-4-6-13(14)15/h4-7,10,12,17H,8-9,11H2,1-3H3. The molecular weight excluding hydrogens is 236 g/mol. The molecule has 0 atom stereocenters. The maximum Gasteiger partial charge on any atom is 0.178 e. The minimum absolute atomic E-state index is 0.184. The lowest BCUT2D eigenvalue weighted by Gasteiger charge is -2.16. The van der Waals surface area contributed by atoms with Crippen LogP contribution in [-0.4, -0.2) is 35.8 Å². The van der Waals surface area contributed by atoms with E-state index in [2.05, 4.69) is 23.7 Å². The number of carbonyl (C=O) groups is 1. The van der Waals surface area contributed by atoms with Gasteiger partial charge in [-0.15, -0.1) is 0 Å². The maximum atomic E-state index is 12.3. The molecule has 0 saturated heterocycles. The number of para-hydroxylation sites is 1. The Kier molecular flexibility index (Phi) is 4.38. The molecule has 1 aromatic carbocycles. The van der Waals surface area contributed by atoms with Crippen LogP contribution in [0.15, 0.2) is 30.5 Å². The highest BCUT2D eigenvalue weighted by Crippen LogP contribution is 2.18.